The van der Waals surface area contributed by atoms with Gasteiger partial charge in [-0.1, -0.05) is 146 Å². The van der Waals surface area contributed by atoms with Crippen LogP contribution in [0.2, 0.25) is 0 Å². The van der Waals surface area contributed by atoms with Crippen molar-refractivity contribution >= 4 is 51.0 Å². The van der Waals surface area contributed by atoms with Crippen molar-refractivity contribution in [2.45, 2.75) is 0 Å². The molecule has 2 aliphatic rings. The van der Waals surface area contributed by atoms with Crippen molar-refractivity contribution in [1.29, 1.82) is 0 Å². The lowest BCUT2D eigenvalue weighted by atomic mass is 9.44. The van der Waals surface area contributed by atoms with Crippen LogP contribution in [0.5, 0.6) is 11.5 Å². The standard InChI is InChI=1S/C54H35BN2O/c1-3-15-36(16-4-1)37-17-13-18-38(31-37)41-33-47-46-25-9-12-28-51(46)57(42-20-5-2-6-21-42)55-48-34-40(29-30-52(48)58-53(35-41)54(47)55)39-19-14-22-43(32-39)56-49-26-10-7-23-44(49)45-24-8-11-27-50(45)56/h1-35H. The van der Waals surface area contributed by atoms with Gasteiger partial charge in [-0.25, -0.2) is 0 Å². The van der Waals surface area contributed by atoms with Crippen LogP contribution in [0.15, 0.2) is 212 Å². The van der Waals surface area contributed by atoms with E-state index in [0.717, 1.165) is 50.6 Å². The zero-order valence-corrected chi connectivity index (χ0v) is 31.6. The van der Waals surface area contributed by atoms with Crippen molar-refractivity contribution in [2.24, 2.45) is 0 Å². The first-order chi connectivity index (χ1) is 28.8. The summed E-state index contributed by atoms with van der Waals surface area (Å²) >= 11 is 0. The van der Waals surface area contributed by atoms with Gasteiger partial charge in [0.2, 0.25) is 0 Å². The summed E-state index contributed by atoms with van der Waals surface area (Å²) in [6.45, 7) is -0.115. The van der Waals surface area contributed by atoms with E-state index < -0.39 is 0 Å². The summed E-state index contributed by atoms with van der Waals surface area (Å²) in [7, 11) is 0. The van der Waals surface area contributed by atoms with Crippen LogP contribution >= 0.6 is 0 Å². The monoisotopic (exact) mass is 738 g/mol. The molecule has 0 bridgehead atoms. The lowest BCUT2D eigenvalue weighted by Crippen LogP contribution is -2.59. The van der Waals surface area contributed by atoms with Crippen LogP contribution in [0.4, 0.5) is 11.4 Å². The molecule has 10 aromatic rings. The van der Waals surface area contributed by atoms with Gasteiger partial charge in [-0.15, -0.1) is 0 Å². The summed E-state index contributed by atoms with van der Waals surface area (Å²) < 4.78 is 9.43. The Hall–Kier alpha value is -7.56. The Morgan fingerprint density at radius 1 is 0.362 bits per heavy atom. The number of aromatic nitrogens is 1. The van der Waals surface area contributed by atoms with Gasteiger partial charge in [0.15, 0.2) is 0 Å². The van der Waals surface area contributed by atoms with Gasteiger partial charge in [0, 0.05) is 38.9 Å². The second-order valence-corrected chi connectivity index (χ2v) is 15.3. The number of para-hydroxylation sites is 4. The third kappa shape index (κ3) is 5.08. The quantitative estimate of drug-likeness (QED) is 0.164. The molecular formula is C54H35BN2O. The first kappa shape index (κ1) is 32.7. The fraction of sp³-hybridized carbons (Fsp3) is 0. The van der Waals surface area contributed by atoms with Crippen molar-refractivity contribution in [2.75, 3.05) is 4.81 Å². The number of rotatable bonds is 5. The molecule has 0 aliphatic carbocycles. The van der Waals surface area contributed by atoms with Gasteiger partial charge in [-0.05, 0) is 111 Å². The van der Waals surface area contributed by atoms with Crippen LogP contribution in [0, 0.1) is 0 Å². The topological polar surface area (TPSA) is 17.4 Å². The van der Waals surface area contributed by atoms with E-state index in [1.54, 1.807) is 0 Å². The maximum absolute atomic E-state index is 7.04. The number of ether oxygens (including phenoxy) is 1. The molecule has 0 saturated heterocycles. The molecule has 0 fully saturated rings. The van der Waals surface area contributed by atoms with Gasteiger partial charge in [-0.2, -0.15) is 0 Å². The van der Waals surface area contributed by atoms with Gasteiger partial charge < -0.3 is 14.1 Å². The first-order valence-corrected chi connectivity index (χ1v) is 20.0. The van der Waals surface area contributed by atoms with Crippen molar-refractivity contribution in [1.82, 2.24) is 4.57 Å². The predicted molar refractivity (Wildman–Crippen MR) is 243 cm³/mol. The summed E-state index contributed by atoms with van der Waals surface area (Å²) in [6.07, 6.45) is 0. The Kier molecular flexibility index (Phi) is 7.33. The highest BCUT2D eigenvalue weighted by molar-refractivity contribution is 6.92. The minimum atomic E-state index is -0.115. The summed E-state index contributed by atoms with van der Waals surface area (Å²) in [6, 6.07) is 76.8. The zero-order valence-electron chi connectivity index (χ0n) is 31.6. The fourth-order valence-corrected chi connectivity index (χ4v) is 9.42. The molecule has 270 valence electrons. The van der Waals surface area contributed by atoms with Crippen LogP contribution < -0.4 is 20.5 Å². The summed E-state index contributed by atoms with van der Waals surface area (Å²) in [4.78, 5) is 2.51. The van der Waals surface area contributed by atoms with E-state index >= 15 is 0 Å². The Labute approximate surface area is 337 Å². The number of fused-ring (bicyclic) bond motifs is 7. The van der Waals surface area contributed by atoms with Crippen molar-refractivity contribution < 1.29 is 4.74 Å². The van der Waals surface area contributed by atoms with E-state index in [1.807, 2.05) is 0 Å². The molecule has 0 saturated carbocycles. The van der Waals surface area contributed by atoms with E-state index in [1.165, 1.54) is 55.2 Å². The highest BCUT2D eigenvalue weighted by Crippen LogP contribution is 2.46. The maximum Gasteiger partial charge on any atom is 0.336 e. The van der Waals surface area contributed by atoms with E-state index in [2.05, 4.69) is 222 Å². The van der Waals surface area contributed by atoms with Gasteiger partial charge in [0.25, 0.3) is 0 Å². The normalized spacial score (nSPS) is 12.6. The third-order valence-electron chi connectivity index (χ3n) is 12.0. The highest BCUT2D eigenvalue weighted by atomic mass is 16.5. The Balaban J connectivity index is 1.04. The Morgan fingerprint density at radius 3 is 1.72 bits per heavy atom. The summed E-state index contributed by atoms with van der Waals surface area (Å²) in [5.41, 5.74) is 17.6. The second kappa shape index (κ2) is 13.0. The van der Waals surface area contributed by atoms with Crippen LogP contribution in [-0.4, -0.2) is 11.4 Å². The Morgan fingerprint density at radius 2 is 0.948 bits per heavy atom. The van der Waals surface area contributed by atoms with Crippen molar-refractivity contribution in [3.8, 4) is 61.7 Å². The molecule has 4 heteroatoms. The van der Waals surface area contributed by atoms with Crippen LogP contribution in [0.3, 0.4) is 0 Å². The second-order valence-electron chi connectivity index (χ2n) is 15.3. The molecule has 58 heavy (non-hydrogen) atoms. The minimum absolute atomic E-state index is 0.115. The molecule has 2 aliphatic heterocycles. The number of hydrogen-bond acceptors (Lipinski definition) is 2. The molecule has 0 spiro atoms. The lowest BCUT2D eigenvalue weighted by Gasteiger charge is -2.42. The van der Waals surface area contributed by atoms with Crippen LogP contribution in [0.1, 0.15) is 0 Å². The predicted octanol–water partition coefficient (Wildman–Crippen LogP) is 12.8. The average Bonchev–Trinajstić information content (AvgIpc) is 3.64. The molecule has 9 aromatic carbocycles. The number of anilines is 2. The van der Waals surface area contributed by atoms with Crippen molar-refractivity contribution in [3.05, 3.63) is 212 Å². The van der Waals surface area contributed by atoms with E-state index in [-0.39, 0.29) is 6.85 Å². The SMILES string of the molecule is c1ccc(-c2cccc(-c3cc4c5c(c3)-c3ccccc3N(c3ccccc3)B5c3cc(-c5cccc(-n6c7ccccc7c7ccccc76)c5)ccc3O4)c2)cc1. The first-order valence-electron chi connectivity index (χ1n) is 20.0. The molecule has 3 nitrogen and oxygen atoms in total. The molecule has 0 amide bonds. The highest BCUT2D eigenvalue weighted by Gasteiger charge is 2.44. The lowest BCUT2D eigenvalue weighted by molar-refractivity contribution is 0.487. The van der Waals surface area contributed by atoms with Gasteiger partial charge in [0.05, 0.1) is 11.0 Å². The molecule has 1 aromatic heterocycles. The average molecular weight is 739 g/mol. The van der Waals surface area contributed by atoms with Gasteiger partial charge in [0.1, 0.15) is 11.5 Å². The molecule has 0 radical (unpaired) electrons. The molecule has 0 atom stereocenters. The largest absolute Gasteiger partial charge is 0.458 e. The minimum Gasteiger partial charge on any atom is -0.458 e. The van der Waals surface area contributed by atoms with E-state index in [4.69, 9.17) is 4.74 Å². The van der Waals surface area contributed by atoms with Crippen LogP contribution in [-0.2, 0) is 0 Å². The smallest absolute Gasteiger partial charge is 0.336 e. The van der Waals surface area contributed by atoms with Gasteiger partial charge >= 0.3 is 6.85 Å². The number of hydrogen-bond donors (Lipinski definition) is 0. The van der Waals surface area contributed by atoms with Gasteiger partial charge in [-0.3, -0.25) is 0 Å². The van der Waals surface area contributed by atoms with Crippen molar-refractivity contribution in [3.63, 3.8) is 0 Å². The van der Waals surface area contributed by atoms with E-state index in [0.29, 0.717) is 0 Å². The maximum atomic E-state index is 7.04. The molecule has 3 heterocycles. The molecule has 0 N–H and O–H groups in total. The summed E-state index contributed by atoms with van der Waals surface area (Å²) in [5, 5.41) is 2.52. The molecule has 12 rings (SSSR count). The Bertz CT molecular complexity index is 3170. The zero-order chi connectivity index (χ0) is 38.2. The fourth-order valence-electron chi connectivity index (χ4n) is 9.42. The third-order valence-corrected chi connectivity index (χ3v) is 12.0. The number of benzene rings is 9. The molecule has 0 unspecified atom stereocenters. The van der Waals surface area contributed by atoms with Crippen LogP contribution in [0.25, 0.3) is 72.0 Å². The number of nitrogens with zero attached hydrogens (tertiary/aromatic N) is 2. The van der Waals surface area contributed by atoms with E-state index in [9.17, 15) is 0 Å². The molecular weight excluding hydrogens is 703 g/mol. The summed E-state index contributed by atoms with van der Waals surface area (Å²) in [5.74, 6) is 1.77.